The smallest absolute Gasteiger partial charge is 0.175 e. The van der Waals surface area contributed by atoms with Gasteiger partial charge in [-0.2, -0.15) is 0 Å². The quantitative estimate of drug-likeness (QED) is 0.748. The summed E-state index contributed by atoms with van der Waals surface area (Å²) >= 11 is 6.05. The monoisotopic (exact) mass is 290 g/mol. The van der Waals surface area contributed by atoms with Gasteiger partial charge in [-0.15, -0.1) is 0 Å². The first-order valence-corrected chi connectivity index (χ1v) is 8.12. The Morgan fingerprint density at radius 1 is 1.33 bits per heavy atom. The van der Waals surface area contributed by atoms with Crippen LogP contribution in [0.25, 0.3) is 0 Å². The maximum absolute atomic E-state index is 11.6. The first-order chi connectivity index (χ1) is 8.46. The van der Waals surface area contributed by atoms with Gasteiger partial charge in [0.15, 0.2) is 9.84 Å². The molecule has 1 rings (SSSR count). The molecule has 0 saturated carbocycles. The van der Waals surface area contributed by atoms with E-state index in [0.29, 0.717) is 28.6 Å². The van der Waals surface area contributed by atoms with Gasteiger partial charge in [0, 0.05) is 23.4 Å². The van der Waals surface area contributed by atoms with Crippen LogP contribution in [-0.2, 0) is 16.4 Å². The molecule has 0 amide bonds. The molecule has 0 aliphatic rings. The summed E-state index contributed by atoms with van der Waals surface area (Å²) in [5.74, 6) is 0. The lowest BCUT2D eigenvalue weighted by atomic mass is 10.2. The molecule has 0 atom stereocenters. The number of rotatable bonds is 7. The van der Waals surface area contributed by atoms with Gasteiger partial charge in [0.2, 0.25) is 0 Å². The van der Waals surface area contributed by atoms with Gasteiger partial charge >= 0.3 is 0 Å². The Kier molecular flexibility index (Phi) is 6.08. The molecule has 0 aromatic heterocycles. The van der Waals surface area contributed by atoms with Gasteiger partial charge < -0.3 is 11.1 Å². The zero-order valence-electron chi connectivity index (χ0n) is 10.4. The first-order valence-electron chi connectivity index (χ1n) is 5.85. The molecule has 0 aliphatic carbocycles. The minimum absolute atomic E-state index is 0.293. The van der Waals surface area contributed by atoms with Crippen LogP contribution in [-0.4, -0.2) is 27.8 Å². The Hall–Kier alpha value is -0.620. The van der Waals surface area contributed by atoms with E-state index in [1.54, 1.807) is 18.2 Å². The molecule has 0 spiro atoms. The molecule has 3 N–H and O–H groups in total. The standard InChI is InChI=1S/C12H19ClN2O2S/c1-18(16,17)12-6-4-5-11(13)10(12)9-15-8-3-2-7-14/h4-6,15H,2-3,7-9,14H2,1H3. The van der Waals surface area contributed by atoms with Crippen LogP contribution in [0, 0.1) is 0 Å². The van der Waals surface area contributed by atoms with Crippen LogP contribution in [0.3, 0.4) is 0 Å². The summed E-state index contributed by atoms with van der Waals surface area (Å²) in [7, 11) is -3.25. The fourth-order valence-electron chi connectivity index (χ4n) is 1.67. The fourth-order valence-corrected chi connectivity index (χ4v) is 2.92. The van der Waals surface area contributed by atoms with Crippen molar-refractivity contribution in [2.45, 2.75) is 24.3 Å². The average molecular weight is 291 g/mol. The lowest BCUT2D eigenvalue weighted by molar-refractivity contribution is 0.595. The van der Waals surface area contributed by atoms with E-state index in [1.165, 1.54) is 6.26 Å². The van der Waals surface area contributed by atoms with Gasteiger partial charge in [-0.25, -0.2) is 8.42 Å². The third-order valence-electron chi connectivity index (χ3n) is 2.58. The summed E-state index contributed by atoms with van der Waals surface area (Å²) in [5.41, 5.74) is 6.03. The number of nitrogens with one attached hydrogen (secondary N) is 1. The maximum Gasteiger partial charge on any atom is 0.175 e. The number of halogens is 1. The lowest BCUT2D eigenvalue weighted by Crippen LogP contribution is -2.18. The van der Waals surface area contributed by atoms with Crippen molar-refractivity contribution in [2.24, 2.45) is 5.73 Å². The molecule has 0 radical (unpaired) electrons. The average Bonchev–Trinajstić information content (AvgIpc) is 2.29. The molecule has 0 heterocycles. The van der Waals surface area contributed by atoms with E-state index in [0.717, 1.165) is 19.4 Å². The summed E-state index contributed by atoms with van der Waals surface area (Å²) in [6, 6.07) is 4.93. The van der Waals surface area contributed by atoms with Crippen molar-refractivity contribution >= 4 is 21.4 Å². The number of benzene rings is 1. The van der Waals surface area contributed by atoms with E-state index in [4.69, 9.17) is 17.3 Å². The molecule has 1 aromatic carbocycles. The van der Waals surface area contributed by atoms with Gasteiger partial charge in [-0.05, 0) is 38.1 Å². The van der Waals surface area contributed by atoms with Crippen LogP contribution >= 0.6 is 11.6 Å². The minimum Gasteiger partial charge on any atom is -0.330 e. The number of sulfone groups is 1. The first kappa shape index (κ1) is 15.4. The summed E-state index contributed by atoms with van der Waals surface area (Å²) in [6.45, 7) is 1.92. The Balaban J connectivity index is 2.75. The molecule has 0 aliphatic heterocycles. The Bertz CT molecular complexity index is 489. The topological polar surface area (TPSA) is 72.2 Å². The van der Waals surface area contributed by atoms with Gasteiger partial charge in [0.05, 0.1) is 4.90 Å². The van der Waals surface area contributed by atoms with Gasteiger partial charge in [0.1, 0.15) is 0 Å². The zero-order chi connectivity index (χ0) is 13.6. The highest BCUT2D eigenvalue weighted by Crippen LogP contribution is 2.23. The minimum atomic E-state index is -3.25. The molecule has 4 nitrogen and oxygen atoms in total. The van der Waals surface area contributed by atoms with Gasteiger partial charge in [-0.3, -0.25) is 0 Å². The second-order valence-corrected chi connectivity index (χ2v) is 6.55. The van der Waals surface area contributed by atoms with Gasteiger partial charge in [-0.1, -0.05) is 17.7 Å². The molecule has 102 valence electrons. The van der Waals surface area contributed by atoms with E-state index in [9.17, 15) is 8.42 Å². The highest BCUT2D eigenvalue weighted by Gasteiger charge is 2.15. The van der Waals surface area contributed by atoms with Crippen molar-refractivity contribution in [3.63, 3.8) is 0 Å². The molecular weight excluding hydrogens is 272 g/mol. The summed E-state index contributed by atoms with van der Waals surface area (Å²) in [5, 5.41) is 3.66. The highest BCUT2D eigenvalue weighted by atomic mass is 35.5. The summed E-state index contributed by atoms with van der Waals surface area (Å²) < 4.78 is 23.3. The van der Waals surface area contributed by atoms with Crippen molar-refractivity contribution in [3.8, 4) is 0 Å². The highest BCUT2D eigenvalue weighted by molar-refractivity contribution is 7.90. The molecule has 1 aromatic rings. The maximum atomic E-state index is 11.6. The second-order valence-electron chi connectivity index (χ2n) is 4.16. The summed E-state index contributed by atoms with van der Waals surface area (Å²) in [4.78, 5) is 0.293. The van der Waals surface area contributed by atoms with E-state index in [2.05, 4.69) is 5.32 Å². The van der Waals surface area contributed by atoms with Crippen LogP contribution in [0.5, 0.6) is 0 Å². The fraction of sp³-hybridized carbons (Fsp3) is 0.500. The third kappa shape index (κ3) is 4.57. The van der Waals surface area contributed by atoms with Gasteiger partial charge in [0.25, 0.3) is 0 Å². The van der Waals surface area contributed by atoms with Crippen LogP contribution in [0.2, 0.25) is 5.02 Å². The molecule has 6 heteroatoms. The molecule has 0 bridgehead atoms. The van der Waals surface area contributed by atoms with E-state index >= 15 is 0 Å². The van der Waals surface area contributed by atoms with Crippen LogP contribution in [0.1, 0.15) is 18.4 Å². The lowest BCUT2D eigenvalue weighted by Gasteiger charge is -2.11. The van der Waals surface area contributed by atoms with E-state index in [1.807, 2.05) is 0 Å². The van der Waals surface area contributed by atoms with E-state index < -0.39 is 9.84 Å². The summed E-state index contributed by atoms with van der Waals surface area (Å²) in [6.07, 6.45) is 3.11. The zero-order valence-corrected chi connectivity index (χ0v) is 12.0. The van der Waals surface area contributed by atoms with Crippen molar-refractivity contribution in [2.75, 3.05) is 19.3 Å². The molecule has 0 saturated heterocycles. The SMILES string of the molecule is CS(=O)(=O)c1cccc(Cl)c1CNCCCCN. The van der Waals surface area contributed by atoms with Crippen molar-refractivity contribution in [1.29, 1.82) is 0 Å². The van der Waals surface area contributed by atoms with Crippen molar-refractivity contribution < 1.29 is 8.42 Å². The Morgan fingerprint density at radius 2 is 2.06 bits per heavy atom. The van der Waals surface area contributed by atoms with Crippen molar-refractivity contribution in [3.05, 3.63) is 28.8 Å². The third-order valence-corrected chi connectivity index (χ3v) is 4.12. The predicted molar refractivity (Wildman–Crippen MR) is 74.6 cm³/mol. The number of hydrogen-bond acceptors (Lipinski definition) is 4. The van der Waals surface area contributed by atoms with Crippen LogP contribution < -0.4 is 11.1 Å². The normalized spacial score (nSPS) is 11.7. The molecule has 0 unspecified atom stereocenters. The number of unbranched alkanes of at least 4 members (excludes halogenated alkanes) is 1. The molecule has 18 heavy (non-hydrogen) atoms. The molecule has 0 fully saturated rings. The predicted octanol–water partition coefficient (Wildman–Crippen LogP) is 1.57. The second kappa shape index (κ2) is 7.09. The largest absolute Gasteiger partial charge is 0.330 e. The van der Waals surface area contributed by atoms with Crippen molar-refractivity contribution in [1.82, 2.24) is 5.32 Å². The van der Waals surface area contributed by atoms with Crippen LogP contribution in [0.4, 0.5) is 0 Å². The number of hydrogen-bond donors (Lipinski definition) is 2. The molecular formula is C12H19ClN2O2S. The number of nitrogens with two attached hydrogens (primary N) is 1. The van der Waals surface area contributed by atoms with E-state index in [-0.39, 0.29) is 0 Å². The van der Waals surface area contributed by atoms with Crippen LogP contribution in [0.15, 0.2) is 23.1 Å². The Morgan fingerprint density at radius 3 is 2.67 bits per heavy atom. The Labute approximate surface area is 113 Å².